The van der Waals surface area contributed by atoms with E-state index in [1.807, 2.05) is 0 Å². The van der Waals surface area contributed by atoms with Crippen LogP contribution in [0.25, 0.3) is 0 Å². The summed E-state index contributed by atoms with van der Waals surface area (Å²) in [7, 11) is 3.21. The van der Waals surface area contributed by atoms with Crippen molar-refractivity contribution in [1.29, 1.82) is 0 Å². The lowest BCUT2D eigenvalue weighted by Gasteiger charge is -2.37. The molecule has 5 nitrogen and oxygen atoms in total. The number of ether oxygens (including phenoxy) is 2. The summed E-state index contributed by atoms with van der Waals surface area (Å²) in [6.45, 7) is 1.69. The van der Waals surface area contributed by atoms with E-state index in [0.29, 0.717) is 19.7 Å². The Morgan fingerprint density at radius 3 is 2.77 bits per heavy atom. The predicted molar refractivity (Wildman–Crippen MR) is 47.2 cm³/mol. The Hall–Kier alpha value is -0.650. The molecule has 1 rings (SSSR count). The zero-order valence-corrected chi connectivity index (χ0v) is 8.03. The Balaban J connectivity index is 2.27. The van der Waals surface area contributed by atoms with Gasteiger partial charge in [-0.25, -0.2) is 0 Å². The smallest absolute Gasteiger partial charge is 0.241 e. The zero-order valence-electron chi connectivity index (χ0n) is 8.03. The number of methoxy groups -OCH3 is 2. The molecule has 0 bridgehead atoms. The summed E-state index contributed by atoms with van der Waals surface area (Å²) < 4.78 is 10.1. The molecule has 1 saturated heterocycles. The third-order valence-corrected chi connectivity index (χ3v) is 2.16. The minimum atomic E-state index is -0.306. The molecule has 2 N–H and O–H groups in total. The van der Waals surface area contributed by atoms with Crippen molar-refractivity contribution in [2.45, 2.75) is 12.1 Å². The molecule has 0 spiro atoms. The molecule has 1 aliphatic heterocycles. The zero-order chi connectivity index (χ0) is 9.84. The number of carbonyl (C=O) groups is 1. The molecule has 1 amide bonds. The van der Waals surface area contributed by atoms with Crippen molar-refractivity contribution in [2.75, 3.05) is 33.9 Å². The first-order chi connectivity index (χ1) is 6.19. The Bertz CT molecular complexity index is 186. The van der Waals surface area contributed by atoms with Crippen molar-refractivity contribution >= 4 is 5.91 Å². The quantitative estimate of drug-likeness (QED) is 0.551. The SMILES string of the molecule is COCC(CN1CC(N)C1=O)OC. The van der Waals surface area contributed by atoms with Crippen molar-refractivity contribution in [3.8, 4) is 0 Å². The molecule has 0 aromatic carbocycles. The Kier molecular flexibility index (Phi) is 3.65. The van der Waals surface area contributed by atoms with Crippen LogP contribution in [0.2, 0.25) is 0 Å². The first kappa shape index (κ1) is 10.4. The molecule has 2 atom stereocenters. The van der Waals surface area contributed by atoms with Crippen LogP contribution in [0.4, 0.5) is 0 Å². The maximum Gasteiger partial charge on any atom is 0.241 e. The molecule has 0 radical (unpaired) electrons. The molecule has 1 fully saturated rings. The lowest BCUT2D eigenvalue weighted by Crippen LogP contribution is -2.62. The van der Waals surface area contributed by atoms with Crippen molar-refractivity contribution in [2.24, 2.45) is 5.73 Å². The second-order valence-corrected chi connectivity index (χ2v) is 3.16. The van der Waals surface area contributed by atoms with Crippen LogP contribution in [0.15, 0.2) is 0 Å². The number of likely N-dealkylation sites (tertiary alicyclic amines) is 1. The van der Waals surface area contributed by atoms with E-state index in [4.69, 9.17) is 15.2 Å². The first-order valence-corrected chi connectivity index (χ1v) is 4.25. The summed E-state index contributed by atoms with van der Waals surface area (Å²) in [4.78, 5) is 12.8. The molecule has 5 heteroatoms. The molecule has 13 heavy (non-hydrogen) atoms. The lowest BCUT2D eigenvalue weighted by molar-refractivity contribution is -0.145. The van der Waals surface area contributed by atoms with Gasteiger partial charge in [-0.1, -0.05) is 0 Å². The summed E-state index contributed by atoms with van der Waals surface area (Å²) in [5.74, 6) is -0.00171. The van der Waals surface area contributed by atoms with Crippen LogP contribution < -0.4 is 5.73 Å². The molecule has 0 saturated carbocycles. The summed E-state index contributed by atoms with van der Waals surface area (Å²) in [5.41, 5.74) is 5.44. The fourth-order valence-corrected chi connectivity index (χ4v) is 1.32. The van der Waals surface area contributed by atoms with Gasteiger partial charge in [0.2, 0.25) is 5.91 Å². The number of carbonyl (C=O) groups excluding carboxylic acids is 1. The third-order valence-electron chi connectivity index (χ3n) is 2.16. The van der Waals surface area contributed by atoms with Gasteiger partial charge < -0.3 is 20.1 Å². The van der Waals surface area contributed by atoms with Gasteiger partial charge in [0.25, 0.3) is 0 Å². The highest BCUT2D eigenvalue weighted by atomic mass is 16.5. The van der Waals surface area contributed by atoms with Crippen molar-refractivity contribution in [1.82, 2.24) is 4.90 Å². The molecule has 0 aromatic heterocycles. The van der Waals surface area contributed by atoms with Gasteiger partial charge in [-0.3, -0.25) is 4.79 Å². The standard InChI is InChI=1S/C8H16N2O3/c1-12-5-6(13-2)3-10-4-7(9)8(10)11/h6-7H,3-5,9H2,1-2H3. The number of nitrogens with zero attached hydrogens (tertiary/aromatic N) is 1. The summed E-state index contributed by atoms with van der Waals surface area (Å²) in [6.07, 6.45) is -0.0542. The largest absolute Gasteiger partial charge is 0.382 e. The fraction of sp³-hybridized carbons (Fsp3) is 0.875. The van der Waals surface area contributed by atoms with Crippen LogP contribution in [-0.4, -0.2) is 56.9 Å². The van der Waals surface area contributed by atoms with Crippen molar-refractivity contribution in [3.63, 3.8) is 0 Å². The van der Waals surface area contributed by atoms with Gasteiger partial charge in [-0.15, -0.1) is 0 Å². The van der Waals surface area contributed by atoms with E-state index in [1.165, 1.54) is 0 Å². The Morgan fingerprint density at radius 2 is 2.38 bits per heavy atom. The van der Waals surface area contributed by atoms with E-state index < -0.39 is 0 Å². The number of nitrogens with two attached hydrogens (primary N) is 1. The normalized spacial score (nSPS) is 24.4. The van der Waals surface area contributed by atoms with Gasteiger partial charge >= 0.3 is 0 Å². The molecule has 0 aliphatic carbocycles. The average molecular weight is 188 g/mol. The number of rotatable bonds is 5. The second-order valence-electron chi connectivity index (χ2n) is 3.16. The van der Waals surface area contributed by atoms with Crippen molar-refractivity contribution in [3.05, 3.63) is 0 Å². The van der Waals surface area contributed by atoms with E-state index in [9.17, 15) is 4.79 Å². The minimum absolute atomic E-state index is 0.00171. The number of hydrogen-bond acceptors (Lipinski definition) is 4. The summed E-state index contributed by atoms with van der Waals surface area (Å²) in [6, 6.07) is -0.306. The van der Waals surface area contributed by atoms with Crippen LogP contribution >= 0.6 is 0 Å². The maximum atomic E-state index is 11.1. The summed E-state index contributed by atoms with van der Waals surface area (Å²) >= 11 is 0. The van der Waals surface area contributed by atoms with Crippen molar-refractivity contribution < 1.29 is 14.3 Å². The van der Waals surface area contributed by atoms with E-state index in [2.05, 4.69) is 0 Å². The molecular formula is C8H16N2O3. The molecule has 76 valence electrons. The summed E-state index contributed by atoms with van der Waals surface area (Å²) in [5, 5.41) is 0. The van der Waals surface area contributed by atoms with E-state index in [0.717, 1.165) is 0 Å². The number of amides is 1. The predicted octanol–water partition coefficient (Wildman–Crippen LogP) is -1.18. The average Bonchev–Trinajstić information content (AvgIpc) is 2.15. The van der Waals surface area contributed by atoms with Crippen LogP contribution in [0.1, 0.15) is 0 Å². The fourth-order valence-electron chi connectivity index (χ4n) is 1.32. The minimum Gasteiger partial charge on any atom is -0.382 e. The maximum absolute atomic E-state index is 11.1. The van der Waals surface area contributed by atoms with Crippen LogP contribution in [0.3, 0.4) is 0 Å². The highest BCUT2D eigenvalue weighted by molar-refractivity contribution is 5.87. The molecule has 1 aliphatic rings. The Labute approximate surface area is 77.8 Å². The van der Waals surface area contributed by atoms with Gasteiger partial charge in [0.15, 0.2) is 0 Å². The van der Waals surface area contributed by atoms with Gasteiger partial charge in [0, 0.05) is 27.3 Å². The topological polar surface area (TPSA) is 64.8 Å². The Morgan fingerprint density at radius 1 is 1.69 bits per heavy atom. The van der Waals surface area contributed by atoms with E-state index in [1.54, 1.807) is 19.1 Å². The molecule has 2 unspecified atom stereocenters. The van der Waals surface area contributed by atoms with Gasteiger partial charge in [-0.2, -0.15) is 0 Å². The van der Waals surface area contributed by atoms with Crippen LogP contribution in [0.5, 0.6) is 0 Å². The highest BCUT2D eigenvalue weighted by Crippen LogP contribution is 2.09. The van der Waals surface area contributed by atoms with E-state index >= 15 is 0 Å². The molecule has 0 aromatic rings. The molecule has 1 heterocycles. The second kappa shape index (κ2) is 4.55. The van der Waals surface area contributed by atoms with Crippen LogP contribution in [0, 0.1) is 0 Å². The van der Waals surface area contributed by atoms with Gasteiger partial charge in [0.05, 0.1) is 12.7 Å². The van der Waals surface area contributed by atoms with Gasteiger partial charge in [-0.05, 0) is 0 Å². The third kappa shape index (κ3) is 2.40. The van der Waals surface area contributed by atoms with Crippen LogP contribution in [-0.2, 0) is 14.3 Å². The lowest BCUT2D eigenvalue weighted by atomic mass is 10.1. The highest BCUT2D eigenvalue weighted by Gasteiger charge is 2.34. The van der Waals surface area contributed by atoms with E-state index in [-0.39, 0.29) is 18.1 Å². The first-order valence-electron chi connectivity index (χ1n) is 4.25. The monoisotopic (exact) mass is 188 g/mol. The van der Waals surface area contributed by atoms with Gasteiger partial charge in [0.1, 0.15) is 6.04 Å². The number of β-lactam (4-membered cyclic amide) rings is 1. The number of hydrogen-bond donors (Lipinski definition) is 1. The molecular weight excluding hydrogens is 172 g/mol.